The zero-order valence-electron chi connectivity index (χ0n) is 10.2. The second-order valence-electron chi connectivity index (χ2n) is 4.32. The minimum absolute atomic E-state index is 0.975. The molecule has 0 N–H and O–H groups in total. The Balaban J connectivity index is 1.90. The number of pyridine rings is 1. The van der Waals surface area contributed by atoms with E-state index in [0.717, 1.165) is 24.5 Å². The lowest BCUT2D eigenvalue weighted by Crippen LogP contribution is -2.23. The number of hydrogen-bond acceptors (Lipinski definition) is 2. The van der Waals surface area contributed by atoms with Crippen LogP contribution in [0.2, 0.25) is 0 Å². The van der Waals surface area contributed by atoms with Crippen LogP contribution >= 0.6 is 0 Å². The molecule has 3 nitrogen and oxygen atoms in total. The highest BCUT2D eigenvalue weighted by atomic mass is 15.2. The summed E-state index contributed by atoms with van der Waals surface area (Å²) in [6, 6.07) is 14.3. The van der Waals surface area contributed by atoms with E-state index in [1.165, 1.54) is 12.1 Å². The summed E-state index contributed by atoms with van der Waals surface area (Å²) in [7, 11) is 0. The molecule has 2 heterocycles. The summed E-state index contributed by atoms with van der Waals surface area (Å²) in [5.74, 6) is 1.15. The number of benzene rings is 1. The number of amidine groups is 1. The number of nitrogens with zero attached hydrogens (tertiary/aromatic N) is 3. The van der Waals surface area contributed by atoms with Crippen molar-refractivity contribution in [2.75, 3.05) is 11.4 Å². The van der Waals surface area contributed by atoms with Crippen LogP contribution in [-0.2, 0) is 0 Å². The van der Waals surface area contributed by atoms with Crippen LogP contribution < -0.4 is 4.90 Å². The van der Waals surface area contributed by atoms with Gasteiger partial charge < -0.3 is 4.90 Å². The van der Waals surface area contributed by atoms with Gasteiger partial charge in [-0.3, -0.25) is 4.98 Å². The number of anilines is 1. The first kappa shape index (κ1) is 11.0. The van der Waals surface area contributed by atoms with E-state index in [4.69, 9.17) is 4.99 Å². The lowest BCUT2D eigenvalue weighted by Gasteiger charge is -2.18. The fraction of sp³-hybridized carbons (Fsp3) is 0.200. The predicted octanol–water partition coefficient (Wildman–Crippen LogP) is 3.41. The van der Waals surface area contributed by atoms with Crippen molar-refractivity contribution in [1.82, 2.24) is 4.98 Å². The summed E-state index contributed by atoms with van der Waals surface area (Å²) < 4.78 is 0. The van der Waals surface area contributed by atoms with Crippen molar-refractivity contribution in [3.05, 3.63) is 54.9 Å². The molecule has 0 atom stereocenters. The zero-order chi connectivity index (χ0) is 12.2. The summed E-state index contributed by atoms with van der Waals surface area (Å²) in [5.41, 5.74) is 2.20. The second kappa shape index (κ2) is 5.00. The molecule has 1 aliphatic heterocycles. The average molecular weight is 237 g/mol. The van der Waals surface area contributed by atoms with E-state index in [2.05, 4.69) is 34.1 Å². The Morgan fingerprint density at radius 2 is 1.78 bits per heavy atom. The van der Waals surface area contributed by atoms with Gasteiger partial charge >= 0.3 is 0 Å². The summed E-state index contributed by atoms with van der Waals surface area (Å²) in [5, 5.41) is 0. The molecule has 18 heavy (non-hydrogen) atoms. The van der Waals surface area contributed by atoms with Gasteiger partial charge in [0.05, 0.1) is 5.69 Å². The summed E-state index contributed by atoms with van der Waals surface area (Å²) in [4.78, 5) is 11.0. The maximum Gasteiger partial charge on any atom is 0.109 e. The monoisotopic (exact) mass is 237 g/mol. The lowest BCUT2D eigenvalue weighted by atomic mass is 10.3. The van der Waals surface area contributed by atoms with Gasteiger partial charge in [0.25, 0.3) is 0 Å². The van der Waals surface area contributed by atoms with Crippen molar-refractivity contribution in [2.45, 2.75) is 12.8 Å². The Morgan fingerprint density at radius 1 is 1.00 bits per heavy atom. The number of para-hydroxylation sites is 1. The van der Waals surface area contributed by atoms with Crippen molar-refractivity contribution in [2.24, 2.45) is 4.99 Å². The molecule has 3 heteroatoms. The fourth-order valence-electron chi connectivity index (χ4n) is 2.23. The highest BCUT2D eigenvalue weighted by Crippen LogP contribution is 2.23. The molecule has 0 aliphatic carbocycles. The third-order valence-corrected chi connectivity index (χ3v) is 3.08. The highest BCUT2D eigenvalue weighted by molar-refractivity contribution is 6.01. The maximum absolute atomic E-state index is 4.72. The summed E-state index contributed by atoms with van der Waals surface area (Å²) in [6.45, 7) is 1.05. The zero-order valence-corrected chi connectivity index (χ0v) is 10.2. The van der Waals surface area contributed by atoms with Crippen molar-refractivity contribution in [1.29, 1.82) is 0 Å². The third kappa shape index (κ3) is 2.25. The third-order valence-electron chi connectivity index (χ3n) is 3.08. The van der Waals surface area contributed by atoms with E-state index >= 15 is 0 Å². The van der Waals surface area contributed by atoms with Crippen LogP contribution in [0.1, 0.15) is 12.8 Å². The smallest absolute Gasteiger partial charge is 0.109 e. The number of aromatic nitrogens is 1. The molecule has 0 saturated carbocycles. The Kier molecular flexibility index (Phi) is 3.05. The Hall–Kier alpha value is -2.16. The molecule has 0 spiro atoms. The van der Waals surface area contributed by atoms with Crippen LogP contribution in [-0.4, -0.2) is 17.4 Å². The summed E-state index contributed by atoms with van der Waals surface area (Å²) in [6.07, 6.45) is 5.76. The molecule has 0 radical (unpaired) electrons. The Bertz CT molecular complexity index is 534. The fourth-order valence-corrected chi connectivity index (χ4v) is 2.23. The van der Waals surface area contributed by atoms with Gasteiger partial charge in [-0.1, -0.05) is 18.2 Å². The van der Waals surface area contributed by atoms with Crippen LogP contribution in [0.15, 0.2) is 59.9 Å². The van der Waals surface area contributed by atoms with Crippen LogP contribution in [0.5, 0.6) is 0 Å². The molecule has 90 valence electrons. The Morgan fingerprint density at radius 3 is 2.56 bits per heavy atom. The standard InChI is InChI=1S/C15H15N3/c1-2-5-14(6-3-1)18-12-4-7-15(18)17-13-8-10-16-11-9-13/h1-3,5-6,8-11H,4,7,12H2. The molecule has 1 aliphatic rings. The molecule has 0 unspecified atom stereocenters. The van der Waals surface area contributed by atoms with Gasteiger partial charge in [-0.15, -0.1) is 0 Å². The van der Waals surface area contributed by atoms with E-state index < -0.39 is 0 Å². The number of rotatable bonds is 2. The SMILES string of the molecule is c1ccc(N2CCCC2=Nc2ccncc2)cc1. The van der Waals surface area contributed by atoms with Crippen LogP contribution in [0, 0.1) is 0 Å². The van der Waals surface area contributed by atoms with Crippen molar-refractivity contribution >= 4 is 17.2 Å². The minimum Gasteiger partial charge on any atom is -0.330 e. The van der Waals surface area contributed by atoms with E-state index in [1.807, 2.05) is 18.2 Å². The van der Waals surface area contributed by atoms with Gasteiger partial charge in [-0.2, -0.15) is 0 Å². The normalized spacial score (nSPS) is 17.3. The largest absolute Gasteiger partial charge is 0.330 e. The summed E-state index contributed by atoms with van der Waals surface area (Å²) >= 11 is 0. The van der Waals surface area contributed by atoms with Gasteiger partial charge in [0, 0.05) is 31.0 Å². The highest BCUT2D eigenvalue weighted by Gasteiger charge is 2.19. The molecule has 2 aromatic rings. The van der Waals surface area contributed by atoms with Gasteiger partial charge in [-0.25, -0.2) is 4.99 Å². The van der Waals surface area contributed by atoms with Gasteiger partial charge in [0.2, 0.25) is 0 Å². The number of hydrogen-bond donors (Lipinski definition) is 0. The molecule has 1 saturated heterocycles. The molecule has 1 aromatic carbocycles. The molecular formula is C15H15N3. The van der Waals surface area contributed by atoms with Crippen LogP contribution in [0.25, 0.3) is 0 Å². The van der Waals surface area contributed by atoms with E-state index in [0.29, 0.717) is 0 Å². The Labute approximate surface area is 107 Å². The van der Waals surface area contributed by atoms with Crippen LogP contribution in [0.4, 0.5) is 11.4 Å². The number of aliphatic imine (C=N–C) groups is 1. The first-order chi connectivity index (χ1) is 8.93. The minimum atomic E-state index is 0.975. The molecule has 0 bridgehead atoms. The quantitative estimate of drug-likeness (QED) is 0.800. The predicted molar refractivity (Wildman–Crippen MR) is 74.4 cm³/mol. The lowest BCUT2D eigenvalue weighted by molar-refractivity contribution is 0.956. The average Bonchev–Trinajstić information content (AvgIpc) is 2.89. The first-order valence-electron chi connectivity index (χ1n) is 6.24. The molecule has 1 fully saturated rings. The van der Waals surface area contributed by atoms with Gasteiger partial charge in [0.15, 0.2) is 0 Å². The molecule has 3 rings (SSSR count). The second-order valence-corrected chi connectivity index (χ2v) is 4.32. The van der Waals surface area contributed by atoms with Crippen molar-refractivity contribution < 1.29 is 0 Å². The van der Waals surface area contributed by atoms with Gasteiger partial charge in [0.1, 0.15) is 5.84 Å². The molecule has 0 amide bonds. The van der Waals surface area contributed by atoms with Crippen LogP contribution in [0.3, 0.4) is 0 Å². The van der Waals surface area contributed by atoms with E-state index in [9.17, 15) is 0 Å². The van der Waals surface area contributed by atoms with Crippen molar-refractivity contribution in [3.63, 3.8) is 0 Å². The van der Waals surface area contributed by atoms with E-state index in [-0.39, 0.29) is 0 Å². The molecule has 1 aromatic heterocycles. The van der Waals surface area contributed by atoms with Gasteiger partial charge in [-0.05, 0) is 30.7 Å². The first-order valence-corrected chi connectivity index (χ1v) is 6.24. The molecular weight excluding hydrogens is 222 g/mol. The topological polar surface area (TPSA) is 28.5 Å². The van der Waals surface area contributed by atoms with E-state index in [1.54, 1.807) is 12.4 Å². The maximum atomic E-state index is 4.72. The van der Waals surface area contributed by atoms with Crippen molar-refractivity contribution in [3.8, 4) is 0 Å².